The van der Waals surface area contributed by atoms with Crippen LogP contribution >= 0.6 is 0 Å². The molecule has 0 radical (unpaired) electrons. The third-order valence-corrected chi connectivity index (χ3v) is 8.34. The van der Waals surface area contributed by atoms with E-state index in [9.17, 15) is 14.0 Å². The van der Waals surface area contributed by atoms with Gasteiger partial charge in [0, 0.05) is 25.2 Å². The zero-order chi connectivity index (χ0) is 34.0. The lowest BCUT2D eigenvalue weighted by Gasteiger charge is -2.33. The van der Waals surface area contributed by atoms with E-state index in [1.807, 2.05) is 57.2 Å². The number of fused-ring (bicyclic) bond motifs is 1. The maximum Gasteiger partial charge on any atom is 0.410 e. The molecule has 0 saturated carbocycles. The van der Waals surface area contributed by atoms with Crippen LogP contribution in [-0.2, 0) is 11.3 Å². The minimum absolute atomic E-state index is 0.123. The summed E-state index contributed by atoms with van der Waals surface area (Å²) in [6.45, 7) is 7.16. The largest absolute Gasteiger partial charge is 0.496 e. The van der Waals surface area contributed by atoms with Crippen molar-refractivity contribution in [3.63, 3.8) is 0 Å². The Morgan fingerprint density at radius 3 is 2.38 bits per heavy atom. The number of nitrogens with one attached hydrogen (secondary N) is 1. The van der Waals surface area contributed by atoms with E-state index in [0.29, 0.717) is 47.3 Å². The van der Waals surface area contributed by atoms with Crippen LogP contribution in [0.1, 0.15) is 61.0 Å². The van der Waals surface area contributed by atoms with Gasteiger partial charge in [-0.2, -0.15) is 5.10 Å². The molecule has 248 valence electrons. The van der Waals surface area contributed by atoms with Crippen LogP contribution in [0.3, 0.4) is 0 Å². The number of rotatable bonds is 7. The molecule has 3 heterocycles. The van der Waals surface area contributed by atoms with Gasteiger partial charge in [0.05, 0.1) is 23.7 Å². The zero-order valence-corrected chi connectivity index (χ0v) is 27.4. The van der Waals surface area contributed by atoms with Crippen molar-refractivity contribution in [2.45, 2.75) is 51.7 Å². The summed E-state index contributed by atoms with van der Waals surface area (Å²) in [6.07, 6.45) is 2.87. The predicted octanol–water partition coefficient (Wildman–Crippen LogP) is 6.26. The first-order valence-electron chi connectivity index (χ1n) is 15.8. The Morgan fingerprint density at radius 1 is 1.00 bits per heavy atom. The summed E-state index contributed by atoms with van der Waals surface area (Å²) in [6, 6.07) is 19.6. The molecule has 2 amide bonds. The third-order valence-electron chi connectivity index (χ3n) is 8.34. The van der Waals surface area contributed by atoms with Crippen molar-refractivity contribution in [2.75, 3.05) is 25.9 Å². The average molecular weight is 652 g/mol. The van der Waals surface area contributed by atoms with E-state index in [-0.39, 0.29) is 18.2 Å². The van der Waals surface area contributed by atoms with Crippen LogP contribution in [-0.4, -0.2) is 62.4 Å². The fourth-order valence-electron chi connectivity index (χ4n) is 5.88. The molecule has 0 spiro atoms. The predicted molar refractivity (Wildman–Crippen MR) is 180 cm³/mol. The second-order valence-corrected chi connectivity index (χ2v) is 12.8. The van der Waals surface area contributed by atoms with Gasteiger partial charge in [0.15, 0.2) is 5.65 Å². The number of nitrogens with two attached hydrogens (primary N) is 1. The molecule has 0 aliphatic carbocycles. The number of amides is 2. The number of aromatic nitrogens is 4. The molecule has 1 aliphatic heterocycles. The van der Waals surface area contributed by atoms with Crippen molar-refractivity contribution >= 4 is 28.9 Å². The van der Waals surface area contributed by atoms with Gasteiger partial charge in [-0.3, -0.25) is 4.79 Å². The van der Waals surface area contributed by atoms with Crippen LogP contribution < -0.4 is 15.8 Å². The van der Waals surface area contributed by atoms with Gasteiger partial charge in [-0.1, -0.05) is 36.4 Å². The van der Waals surface area contributed by atoms with Gasteiger partial charge >= 0.3 is 6.09 Å². The topological polar surface area (TPSA) is 137 Å². The summed E-state index contributed by atoms with van der Waals surface area (Å²) in [7, 11) is 1.43. The Kier molecular flexibility index (Phi) is 8.99. The van der Waals surface area contributed by atoms with E-state index in [0.717, 1.165) is 35.7 Å². The molecule has 0 atom stereocenters. The van der Waals surface area contributed by atoms with E-state index in [1.165, 1.54) is 31.1 Å². The molecule has 12 heteroatoms. The number of nitrogen functional groups attached to an aromatic ring is 1. The number of anilines is 1. The lowest BCUT2D eigenvalue weighted by molar-refractivity contribution is 0.0204. The number of ether oxygens (including phenoxy) is 2. The Bertz CT molecular complexity index is 1940. The fourth-order valence-corrected chi connectivity index (χ4v) is 5.88. The van der Waals surface area contributed by atoms with Crippen molar-refractivity contribution < 1.29 is 23.5 Å². The molecule has 0 unspecified atom stereocenters. The molecular weight excluding hydrogens is 613 g/mol. The SMILES string of the molecule is COc1ccc(F)cc1C(=O)NCc1ccc(-c2nn(-c3ccc(C4CCN(C(=O)OC(C)(C)C)CC4)cc3)c3ncnc(N)c23)cc1. The summed E-state index contributed by atoms with van der Waals surface area (Å²) in [5.41, 5.74) is 10.8. The number of likely N-dealkylation sites (tertiary alicyclic amines) is 1. The van der Waals surface area contributed by atoms with Gasteiger partial charge in [0.25, 0.3) is 5.91 Å². The lowest BCUT2D eigenvalue weighted by atomic mass is 9.89. The Hall–Kier alpha value is -5.52. The van der Waals surface area contributed by atoms with Crippen molar-refractivity contribution in [2.24, 2.45) is 0 Å². The van der Waals surface area contributed by atoms with Crippen molar-refractivity contribution in [1.29, 1.82) is 0 Å². The second kappa shape index (κ2) is 13.3. The minimum Gasteiger partial charge on any atom is -0.496 e. The van der Waals surface area contributed by atoms with Crippen molar-refractivity contribution in [3.8, 4) is 22.7 Å². The van der Waals surface area contributed by atoms with Gasteiger partial charge in [0.1, 0.15) is 35.0 Å². The molecule has 1 aliphatic rings. The van der Waals surface area contributed by atoms with Gasteiger partial charge in [-0.25, -0.2) is 23.8 Å². The van der Waals surface area contributed by atoms with Crippen LogP contribution in [0.2, 0.25) is 0 Å². The summed E-state index contributed by atoms with van der Waals surface area (Å²) in [5, 5.41) is 8.37. The molecule has 1 saturated heterocycles. The highest BCUT2D eigenvalue weighted by Crippen LogP contribution is 2.33. The van der Waals surface area contributed by atoms with Crippen molar-refractivity contribution in [3.05, 3.63) is 95.6 Å². The molecule has 1 fully saturated rings. The van der Waals surface area contributed by atoms with Gasteiger partial charge in [0.2, 0.25) is 0 Å². The van der Waals surface area contributed by atoms with Crippen molar-refractivity contribution in [1.82, 2.24) is 30.0 Å². The summed E-state index contributed by atoms with van der Waals surface area (Å²) in [5.74, 6) is -0.0208. The summed E-state index contributed by atoms with van der Waals surface area (Å²) >= 11 is 0. The van der Waals surface area contributed by atoms with E-state index < -0.39 is 17.3 Å². The van der Waals surface area contributed by atoms with Gasteiger partial charge in [-0.15, -0.1) is 0 Å². The molecule has 11 nitrogen and oxygen atoms in total. The highest BCUT2D eigenvalue weighted by atomic mass is 19.1. The van der Waals surface area contributed by atoms with Crippen LogP contribution in [0.4, 0.5) is 15.0 Å². The number of nitrogens with zero attached hydrogens (tertiary/aromatic N) is 5. The first kappa shape index (κ1) is 32.4. The lowest BCUT2D eigenvalue weighted by Crippen LogP contribution is -2.41. The molecule has 0 bridgehead atoms. The Morgan fingerprint density at radius 2 is 1.71 bits per heavy atom. The van der Waals surface area contributed by atoms with E-state index in [1.54, 1.807) is 9.58 Å². The normalized spacial score (nSPS) is 13.8. The molecule has 3 N–H and O–H groups in total. The molecule has 6 rings (SSSR count). The first-order chi connectivity index (χ1) is 23.0. The number of halogens is 1. The number of hydrogen-bond donors (Lipinski definition) is 2. The van der Waals surface area contributed by atoms with Gasteiger partial charge < -0.3 is 25.4 Å². The van der Waals surface area contributed by atoms with Crippen LogP contribution in [0, 0.1) is 5.82 Å². The zero-order valence-electron chi connectivity index (χ0n) is 27.4. The maximum absolute atomic E-state index is 13.8. The Labute approximate surface area is 277 Å². The standard InChI is InChI=1S/C36H38FN7O4/c1-36(2,3)48-35(46)43-17-15-24(16-18-43)23-9-12-27(13-10-23)44-33-30(32(38)40-21-41-33)31(42-44)25-7-5-22(6-8-25)20-39-34(45)28-19-26(37)11-14-29(28)47-4/h5-14,19,21,24H,15-18,20H2,1-4H3,(H,39,45)(H2,38,40,41). The number of hydrogen-bond acceptors (Lipinski definition) is 8. The first-order valence-corrected chi connectivity index (χ1v) is 15.8. The minimum atomic E-state index is -0.520. The van der Waals surface area contributed by atoms with Crippen LogP contribution in [0.25, 0.3) is 28.0 Å². The number of methoxy groups -OCH3 is 1. The summed E-state index contributed by atoms with van der Waals surface area (Å²) in [4.78, 5) is 35.7. The molecule has 2 aromatic heterocycles. The monoisotopic (exact) mass is 651 g/mol. The van der Waals surface area contributed by atoms with Crippen LogP contribution in [0.15, 0.2) is 73.1 Å². The van der Waals surface area contributed by atoms with Gasteiger partial charge in [-0.05, 0) is 81.0 Å². The number of carbonyl (C=O) groups is 2. The molecule has 5 aromatic rings. The fraction of sp³-hybridized carbons (Fsp3) is 0.306. The number of carbonyl (C=O) groups excluding carboxylic acids is 2. The maximum atomic E-state index is 13.8. The highest BCUT2D eigenvalue weighted by molar-refractivity contribution is 5.99. The third kappa shape index (κ3) is 6.92. The van der Waals surface area contributed by atoms with E-state index in [2.05, 4.69) is 27.4 Å². The van der Waals surface area contributed by atoms with E-state index in [4.69, 9.17) is 20.3 Å². The highest BCUT2D eigenvalue weighted by Gasteiger charge is 2.28. The number of benzene rings is 3. The molecule has 3 aromatic carbocycles. The number of piperidine rings is 1. The molecule has 48 heavy (non-hydrogen) atoms. The second-order valence-electron chi connectivity index (χ2n) is 12.8. The summed E-state index contributed by atoms with van der Waals surface area (Å²) < 4.78 is 26.3. The quantitative estimate of drug-likeness (QED) is 0.211. The smallest absolute Gasteiger partial charge is 0.410 e. The molecular formula is C36H38FN7O4. The Balaban J connectivity index is 1.17. The average Bonchev–Trinajstić information content (AvgIpc) is 3.48. The van der Waals surface area contributed by atoms with Crippen LogP contribution in [0.5, 0.6) is 5.75 Å². The van der Waals surface area contributed by atoms with E-state index >= 15 is 0 Å².